The number of ether oxygens (including phenoxy) is 1. The van der Waals surface area contributed by atoms with E-state index in [1.807, 2.05) is 19.9 Å². The third kappa shape index (κ3) is 3.14. The van der Waals surface area contributed by atoms with Crippen molar-refractivity contribution in [3.8, 4) is 11.8 Å². The lowest BCUT2D eigenvalue weighted by Crippen LogP contribution is -2.29. The maximum Gasteiger partial charge on any atom is 0.143 e. The fourth-order valence-corrected chi connectivity index (χ4v) is 1.57. The van der Waals surface area contributed by atoms with Crippen molar-refractivity contribution in [2.45, 2.75) is 20.3 Å². The molecule has 1 atom stereocenters. The van der Waals surface area contributed by atoms with Crippen LogP contribution in [-0.2, 0) is 0 Å². The Hall–Kier alpha value is -1.73. The summed E-state index contributed by atoms with van der Waals surface area (Å²) in [7, 11) is 1.58. The van der Waals surface area contributed by atoms with Crippen molar-refractivity contribution in [2.75, 3.05) is 25.6 Å². The van der Waals surface area contributed by atoms with Gasteiger partial charge in [0.25, 0.3) is 0 Å². The minimum atomic E-state index is -0.201. The molecular weight excluding hydrogens is 228 g/mol. The Balaban J connectivity index is 2.94. The van der Waals surface area contributed by atoms with E-state index in [2.05, 4.69) is 11.4 Å². The van der Waals surface area contributed by atoms with Gasteiger partial charge >= 0.3 is 0 Å². The summed E-state index contributed by atoms with van der Waals surface area (Å²) in [6.45, 7) is 4.73. The molecule has 1 aromatic rings. The number of nitriles is 1. The zero-order valence-electron chi connectivity index (χ0n) is 11.2. The maximum atomic E-state index is 9.38. The van der Waals surface area contributed by atoms with E-state index < -0.39 is 0 Å². The first kappa shape index (κ1) is 14.3. The Morgan fingerprint density at radius 3 is 2.72 bits per heavy atom. The van der Waals surface area contributed by atoms with Gasteiger partial charge in [-0.2, -0.15) is 5.26 Å². The number of nitrogens with one attached hydrogen (secondary N) is 1. The molecule has 0 spiro atoms. The number of para-hydroxylation sites is 1. The molecule has 0 aliphatic carbocycles. The molecule has 0 amide bonds. The number of aliphatic hydroxyl groups is 1. The quantitative estimate of drug-likeness (QED) is 0.811. The zero-order valence-corrected chi connectivity index (χ0v) is 11.2. The molecule has 98 valence electrons. The van der Waals surface area contributed by atoms with Gasteiger partial charge in [0, 0.05) is 12.0 Å². The van der Waals surface area contributed by atoms with Crippen LogP contribution >= 0.6 is 0 Å². The van der Waals surface area contributed by atoms with Gasteiger partial charge in [-0.15, -0.1) is 0 Å². The van der Waals surface area contributed by atoms with Crippen LogP contribution in [0.5, 0.6) is 5.75 Å². The minimum absolute atomic E-state index is 0.105. The normalized spacial score (nSPS) is 13.5. The first-order chi connectivity index (χ1) is 8.60. The third-order valence-corrected chi connectivity index (χ3v) is 3.29. The second-order valence-electron chi connectivity index (χ2n) is 4.67. The average molecular weight is 248 g/mol. The number of methoxy groups -OCH3 is 1. The predicted molar refractivity (Wildman–Crippen MR) is 71.7 cm³/mol. The molecule has 0 fully saturated rings. The van der Waals surface area contributed by atoms with E-state index in [0.717, 1.165) is 6.42 Å². The van der Waals surface area contributed by atoms with Crippen molar-refractivity contribution in [2.24, 2.45) is 5.41 Å². The summed E-state index contributed by atoms with van der Waals surface area (Å²) >= 11 is 0. The van der Waals surface area contributed by atoms with Crippen molar-refractivity contribution in [3.05, 3.63) is 23.8 Å². The molecule has 2 N–H and O–H groups in total. The number of aliphatic hydroxyl groups excluding tert-OH is 1. The molecule has 0 aliphatic rings. The third-order valence-electron chi connectivity index (χ3n) is 3.29. The Kier molecular flexibility index (Phi) is 4.99. The highest BCUT2D eigenvalue weighted by Crippen LogP contribution is 2.30. The van der Waals surface area contributed by atoms with E-state index in [4.69, 9.17) is 10.00 Å². The van der Waals surface area contributed by atoms with Crippen LogP contribution in [0.25, 0.3) is 0 Å². The number of anilines is 1. The molecule has 18 heavy (non-hydrogen) atoms. The number of hydrogen-bond donors (Lipinski definition) is 2. The second-order valence-corrected chi connectivity index (χ2v) is 4.67. The van der Waals surface area contributed by atoms with Gasteiger partial charge in [-0.3, -0.25) is 0 Å². The van der Waals surface area contributed by atoms with Crippen LogP contribution in [0.1, 0.15) is 25.8 Å². The standard InChI is InChI=1S/C14H20N2O2/c1-4-14(2,10-17)9-16-13-11(8-15)6-5-7-12(13)18-3/h5-7,16-17H,4,9-10H2,1-3H3. The van der Waals surface area contributed by atoms with E-state index in [-0.39, 0.29) is 12.0 Å². The summed E-state index contributed by atoms with van der Waals surface area (Å²) in [4.78, 5) is 0. The van der Waals surface area contributed by atoms with Gasteiger partial charge in [0.1, 0.15) is 11.8 Å². The summed E-state index contributed by atoms with van der Waals surface area (Å²) in [5.74, 6) is 0.644. The van der Waals surface area contributed by atoms with Crippen LogP contribution in [-0.4, -0.2) is 25.4 Å². The molecule has 0 heterocycles. The summed E-state index contributed by atoms with van der Waals surface area (Å²) in [5, 5.41) is 21.7. The lowest BCUT2D eigenvalue weighted by molar-refractivity contribution is 0.149. The van der Waals surface area contributed by atoms with Crippen LogP contribution in [0, 0.1) is 16.7 Å². The first-order valence-corrected chi connectivity index (χ1v) is 6.02. The van der Waals surface area contributed by atoms with Crippen LogP contribution in [0.2, 0.25) is 0 Å². The van der Waals surface area contributed by atoms with Crippen LogP contribution in [0.4, 0.5) is 5.69 Å². The van der Waals surface area contributed by atoms with Crippen LogP contribution < -0.4 is 10.1 Å². The first-order valence-electron chi connectivity index (χ1n) is 6.02. The minimum Gasteiger partial charge on any atom is -0.495 e. The lowest BCUT2D eigenvalue weighted by Gasteiger charge is -2.27. The molecule has 0 radical (unpaired) electrons. The topological polar surface area (TPSA) is 65.3 Å². The van der Waals surface area contributed by atoms with Gasteiger partial charge in [-0.25, -0.2) is 0 Å². The molecule has 1 unspecified atom stereocenters. The van der Waals surface area contributed by atoms with E-state index in [9.17, 15) is 5.11 Å². The van der Waals surface area contributed by atoms with E-state index in [1.54, 1.807) is 19.2 Å². The molecular formula is C14H20N2O2. The van der Waals surface area contributed by atoms with Crippen molar-refractivity contribution in [1.82, 2.24) is 0 Å². The van der Waals surface area contributed by atoms with Crippen molar-refractivity contribution in [1.29, 1.82) is 5.26 Å². The van der Waals surface area contributed by atoms with Gasteiger partial charge in [0.2, 0.25) is 0 Å². The van der Waals surface area contributed by atoms with E-state index in [0.29, 0.717) is 23.5 Å². The average Bonchev–Trinajstić information content (AvgIpc) is 2.44. The van der Waals surface area contributed by atoms with Gasteiger partial charge in [-0.05, 0) is 18.6 Å². The monoisotopic (exact) mass is 248 g/mol. The van der Waals surface area contributed by atoms with Crippen molar-refractivity contribution in [3.63, 3.8) is 0 Å². The number of nitrogens with zero attached hydrogens (tertiary/aromatic N) is 1. The SMILES string of the molecule is CCC(C)(CO)CNc1c(C#N)cccc1OC. The van der Waals surface area contributed by atoms with Crippen molar-refractivity contribution < 1.29 is 9.84 Å². The van der Waals surface area contributed by atoms with Crippen molar-refractivity contribution >= 4 is 5.69 Å². The van der Waals surface area contributed by atoms with Crippen LogP contribution in [0.3, 0.4) is 0 Å². The summed E-state index contributed by atoms with van der Waals surface area (Å²) in [5.41, 5.74) is 1.04. The Morgan fingerprint density at radius 1 is 1.50 bits per heavy atom. The molecule has 1 aromatic carbocycles. The maximum absolute atomic E-state index is 9.38. The largest absolute Gasteiger partial charge is 0.495 e. The highest BCUT2D eigenvalue weighted by Gasteiger charge is 2.21. The fourth-order valence-electron chi connectivity index (χ4n) is 1.57. The van der Waals surface area contributed by atoms with Crippen LogP contribution in [0.15, 0.2) is 18.2 Å². The number of hydrogen-bond acceptors (Lipinski definition) is 4. The van der Waals surface area contributed by atoms with Gasteiger partial charge in [0.15, 0.2) is 0 Å². The highest BCUT2D eigenvalue weighted by atomic mass is 16.5. The fraction of sp³-hybridized carbons (Fsp3) is 0.500. The summed E-state index contributed by atoms with van der Waals surface area (Å²) in [6, 6.07) is 7.48. The van der Waals surface area contributed by atoms with E-state index >= 15 is 0 Å². The Bertz CT molecular complexity index is 434. The second kappa shape index (κ2) is 6.27. The summed E-state index contributed by atoms with van der Waals surface area (Å²) < 4.78 is 5.24. The molecule has 0 saturated carbocycles. The Morgan fingerprint density at radius 2 is 2.22 bits per heavy atom. The lowest BCUT2D eigenvalue weighted by atomic mass is 9.88. The number of benzene rings is 1. The summed E-state index contributed by atoms with van der Waals surface area (Å²) in [6.07, 6.45) is 0.855. The molecule has 0 aliphatic heterocycles. The molecule has 0 bridgehead atoms. The zero-order chi connectivity index (χ0) is 13.6. The molecule has 1 rings (SSSR count). The number of rotatable bonds is 6. The van der Waals surface area contributed by atoms with Gasteiger partial charge in [0.05, 0.1) is 25.0 Å². The van der Waals surface area contributed by atoms with Gasteiger partial charge < -0.3 is 15.2 Å². The molecule has 0 aromatic heterocycles. The molecule has 4 heteroatoms. The highest BCUT2D eigenvalue weighted by molar-refractivity contribution is 5.66. The van der Waals surface area contributed by atoms with E-state index in [1.165, 1.54) is 0 Å². The smallest absolute Gasteiger partial charge is 0.143 e. The van der Waals surface area contributed by atoms with Gasteiger partial charge in [-0.1, -0.05) is 19.9 Å². The predicted octanol–water partition coefficient (Wildman–Crippen LogP) is 2.39. The molecule has 4 nitrogen and oxygen atoms in total. The Labute approximate surface area is 108 Å². The molecule has 0 saturated heterocycles.